The molecule has 0 heterocycles. The molecule has 0 amide bonds. The maximum atomic E-state index is 14.3. The van der Waals surface area contributed by atoms with Crippen LogP contribution < -0.4 is 0 Å². The third-order valence-corrected chi connectivity index (χ3v) is 8.58. The molecular formula is C32H37F5. The molecule has 4 rings (SSSR count). The Morgan fingerprint density at radius 1 is 0.703 bits per heavy atom. The predicted molar refractivity (Wildman–Crippen MR) is 139 cm³/mol. The monoisotopic (exact) mass is 516 g/mol. The van der Waals surface area contributed by atoms with E-state index in [1.165, 1.54) is 82.6 Å². The Morgan fingerprint density at radius 3 is 1.68 bits per heavy atom. The number of benzene rings is 2. The molecule has 0 atom stereocenters. The smallest absolute Gasteiger partial charge is 0.205 e. The normalized spacial score (nSPS) is 24.4. The molecular weight excluding hydrogens is 479 g/mol. The minimum Gasteiger partial charge on any atom is -0.205 e. The van der Waals surface area contributed by atoms with E-state index >= 15 is 0 Å². The van der Waals surface area contributed by atoms with Gasteiger partial charge in [0.1, 0.15) is 11.6 Å². The third kappa shape index (κ3) is 7.82. The van der Waals surface area contributed by atoms with E-state index in [2.05, 4.69) is 6.92 Å². The van der Waals surface area contributed by atoms with Crippen LogP contribution in [-0.2, 0) is 0 Å². The lowest BCUT2D eigenvalue weighted by molar-refractivity contribution is -0.0696. The van der Waals surface area contributed by atoms with Crippen molar-refractivity contribution in [3.63, 3.8) is 0 Å². The Bertz CT molecular complexity index is 1050. The van der Waals surface area contributed by atoms with Gasteiger partial charge in [0.05, 0.1) is 5.56 Å². The van der Waals surface area contributed by atoms with E-state index in [0.717, 1.165) is 35.8 Å². The molecule has 0 nitrogen and oxygen atoms in total. The van der Waals surface area contributed by atoms with Crippen molar-refractivity contribution < 1.29 is 22.0 Å². The Morgan fingerprint density at radius 2 is 1.19 bits per heavy atom. The summed E-state index contributed by atoms with van der Waals surface area (Å²) in [5.74, 6) is 3.53. The molecule has 0 spiro atoms. The Labute approximate surface area is 218 Å². The molecule has 37 heavy (non-hydrogen) atoms. The lowest BCUT2D eigenvalue weighted by atomic mass is 9.74. The van der Waals surface area contributed by atoms with Crippen molar-refractivity contribution in [2.45, 2.75) is 96.1 Å². The van der Waals surface area contributed by atoms with Crippen molar-refractivity contribution in [1.29, 1.82) is 0 Å². The van der Waals surface area contributed by atoms with Gasteiger partial charge in [-0.3, -0.25) is 0 Å². The molecule has 0 N–H and O–H groups in total. The molecule has 2 aromatic carbocycles. The Kier molecular flexibility index (Phi) is 9.32. The Hall–Kier alpha value is -2.35. The molecule has 2 saturated carbocycles. The van der Waals surface area contributed by atoms with Gasteiger partial charge in [0.15, 0.2) is 0 Å². The second kappa shape index (κ2) is 12.5. The predicted octanol–water partition coefficient (Wildman–Crippen LogP) is 10.2. The fourth-order valence-corrected chi connectivity index (χ4v) is 6.41. The summed E-state index contributed by atoms with van der Waals surface area (Å²) in [4.78, 5) is 0. The van der Waals surface area contributed by atoms with Gasteiger partial charge in [-0.05, 0) is 78.2 Å². The molecule has 2 aromatic rings. The second-order valence-electron chi connectivity index (χ2n) is 11.2. The lowest BCUT2D eigenvalue weighted by Gasteiger charge is -2.32. The van der Waals surface area contributed by atoms with Gasteiger partial charge in [-0.15, -0.1) is 0 Å². The molecule has 0 saturated heterocycles. The Balaban J connectivity index is 1.28. The summed E-state index contributed by atoms with van der Waals surface area (Å²) in [6.07, 6.45) is 11.2. The van der Waals surface area contributed by atoms with Crippen molar-refractivity contribution >= 4 is 0 Å². The van der Waals surface area contributed by atoms with Gasteiger partial charge in [-0.1, -0.05) is 88.5 Å². The largest absolute Gasteiger partial charge is 0.458 e. The number of halogens is 5. The standard InChI is InChI=1S/C32H37F5/c1-2-3-22-4-6-23(7-5-22)8-9-24-10-12-25(13-11-24)26-14-16-27(17-15-26)28-20-30(33)29(31(34)21-28)18-19-32(35,36)37/h14-17,20-25H,2-13H2,1H3. The topological polar surface area (TPSA) is 0 Å². The highest BCUT2D eigenvalue weighted by atomic mass is 19.4. The van der Waals surface area contributed by atoms with Gasteiger partial charge < -0.3 is 0 Å². The average Bonchev–Trinajstić information content (AvgIpc) is 2.88. The van der Waals surface area contributed by atoms with Crippen LogP contribution in [0, 0.1) is 41.2 Å². The van der Waals surface area contributed by atoms with E-state index in [1.807, 2.05) is 24.3 Å². The van der Waals surface area contributed by atoms with Gasteiger partial charge in [0, 0.05) is 5.92 Å². The zero-order chi connectivity index (χ0) is 26.4. The van der Waals surface area contributed by atoms with Gasteiger partial charge in [-0.25, -0.2) is 8.78 Å². The van der Waals surface area contributed by atoms with Crippen LogP contribution in [0.3, 0.4) is 0 Å². The maximum Gasteiger partial charge on any atom is 0.458 e. The molecule has 200 valence electrons. The highest BCUT2D eigenvalue weighted by Crippen LogP contribution is 2.40. The van der Waals surface area contributed by atoms with Crippen LogP contribution in [0.25, 0.3) is 11.1 Å². The van der Waals surface area contributed by atoms with Crippen molar-refractivity contribution in [2.24, 2.45) is 17.8 Å². The molecule has 0 radical (unpaired) electrons. The highest BCUT2D eigenvalue weighted by Gasteiger charge is 2.26. The molecule has 5 heteroatoms. The molecule has 0 aliphatic heterocycles. The third-order valence-electron chi connectivity index (χ3n) is 8.58. The minimum absolute atomic E-state index is 0.284. The molecule has 2 aliphatic carbocycles. The van der Waals surface area contributed by atoms with Gasteiger partial charge in [0.2, 0.25) is 0 Å². The van der Waals surface area contributed by atoms with E-state index in [0.29, 0.717) is 11.5 Å². The number of hydrogen-bond acceptors (Lipinski definition) is 0. The van der Waals surface area contributed by atoms with Crippen LogP contribution in [0.15, 0.2) is 36.4 Å². The zero-order valence-corrected chi connectivity index (χ0v) is 21.6. The summed E-state index contributed by atoms with van der Waals surface area (Å²) in [5.41, 5.74) is 1.29. The summed E-state index contributed by atoms with van der Waals surface area (Å²) in [6.45, 7) is 2.29. The van der Waals surface area contributed by atoms with Crippen LogP contribution >= 0.6 is 0 Å². The summed E-state index contributed by atoms with van der Waals surface area (Å²) in [5, 5.41) is 0. The molecule has 2 aliphatic rings. The summed E-state index contributed by atoms with van der Waals surface area (Å²) in [6, 6.07) is 9.79. The highest BCUT2D eigenvalue weighted by molar-refractivity contribution is 5.65. The van der Waals surface area contributed by atoms with E-state index in [1.54, 1.807) is 5.92 Å². The van der Waals surface area contributed by atoms with Crippen LogP contribution in [-0.4, -0.2) is 6.18 Å². The van der Waals surface area contributed by atoms with Crippen molar-refractivity contribution in [1.82, 2.24) is 0 Å². The van der Waals surface area contributed by atoms with E-state index in [9.17, 15) is 22.0 Å². The zero-order valence-electron chi connectivity index (χ0n) is 21.6. The van der Waals surface area contributed by atoms with Crippen LogP contribution in [0.2, 0.25) is 0 Å². The fourth-order valence-electron chi connectivity index (χ4n) is 6.41. The number of alkyl halides is 3. The summed E-state index contributed by atoms with van der Waals surface area (Å²) < 4.78 is 65.5. The first-order valence-electron chi connectivity index (χ1n) is 13.9. The van der Waals surface area contributed by atoms with Crippen molar-refractivity contribution in [3.05, 3.63) is 59.2 Å². The molecule has 0 bridgehead atoms. The minimum atomic E-state index is -4.81. The van der Waals surface area contributed by atoms with Gasteiger partial charge in [0.25, 0.3) is 0 Å². The lowest BCUT2D eigenvalue weighted by Crippen LogP contribution is -2.17. The summed E-state index contributed by atoms with van der Waals surface area (Å²) in [7, 11) is 0. The quantitative estimate of drug-likeness (QED) is 0.254. The molecule has 0 aromatic heterocycles. The average molecular weight is 517 g/mol. The molecule has 0 unspecified atom stereocenters. The SMILES string of the molecule is CCCC1CCC(CCC2CCC(c3ccc(-c4cc(F)c(C#CC(F)(F)F)c(F)c4)cc3)CC2)CC1. The van der Waals surface area contributed by atoms with Crippen LogP contribution in [0.1, 0.15) is 101 Å². The van der Waals surface area contributed by atoms with Gasteiger partial charge in [-0.2, -0.15) is 13.2 Å². The summed E-state index contributed by atoms with van der Waals surface area (Å²) >= 11 is 0. The molecule has 2 fully saturated rings. The first-order valence-corrected chi connectivity index (χ1v) is 13.9. The second-order valence-corrected chi connectivity index (χ2v) is 11.2. The van der Waals surface area contributed by atoms with Gasteiger partial charge >= 0.3 is 6.18 Å². The first kappa shape index (κ1) is 27.7. The first-order chi connectivity index (χ1) is 17.7. The van der Waals surface area contributed by atoms with Crippen molar-refractivity contribution in [2.75, 3.05) is 0 Å². The van der Waals surface area contributed by atoms with Crippen LogP contribution in [0.5, 0.6) is 0 Å². The van der Waals surface area contributed by atoms with E-state index in [-0.39, 0.29) is 5.56 Å². The van der Waals surface area contributed by atoms with Crippen molar-refractivity contribution in [3.8, 4) is 23.0 Å². The van der Waals surface area contributed by atoms with E-state index < -0.39 is 23.4 Å². The fraction of sp³-hybridized carbons (Fsp3) is 0.562. The van der Waals surface area contributed by atoms with Crippen LogP contribution in [0.4, 0.5) is 22.0 Å². The number of hydrogen-bond donors (Lipinski definition) is 0. The maximum absolute atomic E-state index is 14.3. The van der Waals surface area contributed by atoms with E-state index in [4.69, 9.17) is 0 Å². The number of rotatable bonds is 7.